The van der Waals surface area contributed by atoms with Gasteiger partial charge in [0.1, 0.15) is 5.78 Å². The van der Waals surface area contributed by atoms with Crippen LogP contribution >= 0.6 is 11.8 Å². The van der Waals surface area contributed by atoms with Crippen molar-refractivity contribution >= 4 is 17.5 Å². The SMILES string of the molecule is CCSCC(=O)[C]1[CH][CH][CH][CH]1. The number of hydrogen-bond acceptors (Lipinski definition) is 2. The van der Waals surface area contributed by atoms with Gasteiger partial charge in [0.15, 0.2) is 0 Å². The van der Waals surface area contributed by atoms with Crippen molar-refractivity contribution < 1.29 is 4.79 Å². The number of rotatable bonds is 4. The van der Waals surface area contributed by atoms with E-state index in [1.807, 2.05) is 25.7 Å². The minimum Gasteiger partial charge on any atom is -0.298 e. The van der Waals surface area contributed by atoms with Crippen molar-refractivity contribution in [2.45, 2.75) is 6.92 Å². The molecule has 0 N–H and O–H groups in total. The fraction of sp³-hybridized carbons (Fsp3) is 0.333. The molecule has 1 rings (SSSR count). The lowest BCUT2D eigenvalue weighted by molar-refractivity contribution is -0.114. The molecule has 0 spiro atoms. The van der Waals surface area contributed by atoms with Gasteiger partial charge >= 0.3 is 0 Å². The molecular formula is C9H11OS. The fourth-order valence-corrected chi connectivity index (χ4v) is 1.39. The highest BCUT2D eigenvalue weighted by atomic mass is 32.2. The van der Waals surface area contributed by atoms with Gasteiger partial charge in [0.2, 0.25) is 0 Å². The molecule has 0 aromatic heterocycles. The summed E-state index contributed by atoms with van der Waals surface area (Å²) in [6.07, 6.45) is 7.50. The summed E-state index contributed by atoms with van der Waals surface area (Å²) < 4.78 is 0. The highest BCUT2D eigenvalue weighted by Crippen LogP contribution is 2.24. The normalized spacial score (nSPS) is 19.0. The Hall–Kier alpha value is 0.0200. The summed E-state index contributed by atoms with van der Waals surface area (Å²) in [6.45, 7) is 2.06. The summed E-state index contributed by atoms with van der Waals surface area (Å²) in [4.78, 5) is 11.2. The Morgan fingerprint density at radius 3 is 2.64 bits per heavy atom. The average Bonchev–Trinajstić information content (AvgIpc) is 2.52. The van der Waals surface area contributed by atoms with Gasteiger partial charge in [-0.2, -0.15) is 11.8 Å². The predicted molar refractivity (Wildman–Crippen MR) is 48.4 cm³/mol. The first-order valence-corrected chi connectivity index (χ1v) is 4.82. The molecule has 1 aliphatic carbocycles. The summed E-state index contributed by atoms with van der Waals surface area (Å²) >= 11 is 1.66. The van der Waals surface area contributed by atoms with E-state index in [9.17, 15) is 4.79 Å². The largest absolute Gasteiger partial charge is 0.298 e. The standard InChI is InChI=1S/C9H11OS/c1-2-11-7-9(10)8-5-3-4-6-8/h3-6H,2,7H2,1H3. The van der Waals surface area contributed by atoms with E-state index in [4.69, 9.17) is 0 Å². The summed E-state index contributed by atoms with van der Waals surface area (Å²) in [5.74, 6) is 2.69. The van der Waals surface area contributed by atoms with Crippen molar-refractivity contribution in [2.24, 2.45) is 0 Å². The van der Waals surface area contributed by atoms with Crippen molar-refractivity contribution in [3.05, 3.63) is 31.6 Å². The maximum atomic E-state index is 11.2. The number of Topliss-reactive ketones (excluding diaryl/α,β-unsaturated/α-hetero) is 1. The molecule has 0 amide bonds. The Labute approximate surface area is 72.9 Å². The number of hydrogen-bond donors (Lipinski definition) is 0. The molecule has 1 fully saturated rings. The quantitative estimate of drug-likeness (QED) is 0.634. The maximum Gasteiger partial charge on any atom is 0.150 e. The third-order valence-corrected chi connectivity index (χ3v) is 2.30. The van der Waals surface area contributed by atoms with E-state index in [-0.39, 0.29) is 5.78 Å². The molecule has 1 nitrogen and oxygen atoms in total. The van der Waals surface area contributed by atoms with E-state index >= 15 is 0 Å². The topological polar surface area (TPSA) is 17.1 Å². The fourth-order valence-electron chi connectivity index (χ4n) is 0.838. The smallest absolute Gasteiger partial charge is 0.150 e. The molecule has 1 aliphatic rings. The first kappa shape index (κ1) is 9.11. The van der Waals surface area contributed by atoms with E-state index in [0.29, 0.717) is 5.75 Å². The zero-order valence-corrected chi connectivity index (χ0v) is 7.36. The maximum absolute atomic E-state index is 11.2. The van der Waals surface area contributed by atoms with Gasteiger partial charge in [-0.3, -0.25) is 4.79 Å². The molecule has 11 heavy (non-hydrogen) atoms. The molecular weight excluding hydrogens is 156 g/mol. The highest BCUT2D eigenvalue weighted by molar-refractivity contribution is 7.99. The van der Waals surface area contributed by atoms with Crippen molar-refractivity contribution in [1.29, 1.82) is 0 Å². The van der Waals surface area contributed by atoms with Crippen LogP contribution in [0.15, 0.2) is 0 Å². The number of thioether (sulfide) groups is 1. The van der Waals surface area contributed by atoms with E-state index in [0.717, 1.165) is 11.7 Å². The van der Waals surface area contributed by atoms with Crippen molar-refractivity contribution in [3.63, 3.8) is 0 Å². The summed E-state index contributed by atoms with van der Waals surface area (Å²) in [7, 11) is 0. The lowest BCUT2D eigenvalue weighted by atomic mass is 10.0. The zero-order valence-electron chi connectivity index (χ0n) is 6.54. The summed E-state index contributed by atoms with van der Waals surface area (Å²) in [5, 5.41) is 0. The van der Waals surface area contributed by atoms with Crippen LogP contribution in [-0.2, 0) is 4.79 Å². The van der Waals surface area contributed by atoms with Gasteiger partial charge in [-0.1, -0.05) is 6.92 Å². The predicted octanol–water partition coefficient (Wildman–Crippen LogP) is 1.71. The van der Waals surface area contributed by atoms with Gasteiger partial charge in [-0.05, 0) is 31.4 Å². The van der Waals surface area contributed by atoms with Crippen LogP contribution in [0.3, 0.4) is 0 Å². The average molecular weight is 167 g/mol. The van der Waals surface area contributed by atoms with Crippen LogP contribution in [0.1, 0.15) is 6.92 Å². The molecule has 0 aromatic rings. The molecule has 5 radical (unpaired) electrons. The van der Waals surface area contributed by atoms with Crippen LogP contribution in [0, 0.1) is 31.6 Å². The Balaban J connectivity index is 2.17. The van der Waals surface area contributed by atoms with E-state index in [1.165, 1.54) is 0 Å². The van der Waals surface area contributed by atoms with Crippen LogP contribution in [-0.4, -0.2) is 17.3 Å². The van der Waals surface area contributed by atoms with Crippen LogP contribution in [0.25, 0.3) is 0 Å². The Bertz CT molecular complexity index is 128. The van der Waals surface area contributed by atoms with Gasteiger partial charge in [0.25, 0.3) is 0 Å². The Morgan fingerprint density at radius 2 is 2.09 bits per heavy atom. The lowest BCUT2D eigenvalue weighted by Crippen LogP contribution is -2.11. The van der Waals surface area contributed by atoms with Crippen LogP contribution in [0.4, 0.5) is 0 Å². The van der Waals surface area contributed by atoms with Gasteiger partial charge in [0, 0.05) is 5.92 Å². The van der Waals surface area contributed by atoms with Crippen LogP contribution in [0.2, 0.25) is 0 Å². The zero-order chi connectivity index (χ0) is 8.10. The number of ketones is 1. The monoisotopic (exact) mass is 167 g/mol. The third kappa shape index (κ3) is 2.86. The molecule has 0 unspecified atom stereocenters. The second kappa shape index (κ2) is 4.81. The Kier molecular flexibility index (Phi) is 3.98. The molecule has 59 valence electrons. The summed E-state index contributed by atoms with van der Waals surface area (Å²) in [5.41, 5.74) is 0. The van der Waals surface area contributed by atoms with E-state index in [1.54, 1.807) is 11.8 Å². The van der Waals surface area contributed by atoms with Crippen LogP contribution in [0.5, 0.6) is 0 Å². The second-order valence-corrected chi connectivity index (χ2v) is 3.51. The molecule has 0 bridgehead atoms. The molecule has 0 saturated heterocycles. The van der Waals surface area contributed by atoms with Gasteiger partial charge < -0.3 is 0 Å². The molecule has 0 aliphatic heterocycles. The van der Waals surface area contributed by atoms with Gasteiger partial charge in [-0.25, -0.2) is 0 Å². The molecule has 0 aromatic carbocycles. The van der Waals surface area contributed by atoms with Crippen molar-refractivity contribution in [1.82, 2.24) is 0 Å². The molecule has 0 heterocycles. The van der Waals surface area contributed by atoms with Crippen LogP contribution < -0.4 is 0 Å². The highest BCUT2D eigenvalue weighted by Gasteiger charge is 2.23. The second-order valence-electron chi connectivity index (χ2n) is 2.23. The first-order valence-electron chi connectivity index (χ1n) is 3.67. The van der Waals surface area contributed by atoms with Crippen molar-refractivity contribution in [2.75, 3.05) is 11.5 Å². The molecule has 0 atom stereocenters. The van der Waals surface area contributed by atoms with Gasteiger partial charge in [-0.15, -0.1) is 0 Å². The lowest BCUT2D eigenvalue weighted by Gasteiger charge is -2.04. The number of carbonyl (C=O) groups is 1. The minimum atomic E-state index is 0.238. The minimum absolute atomic E-state index is 0.238. The van der Waals surface area contributed by atoms with E-state index < -0.39 is 0 Å². The third-order valence-electron chi connectivity index (χ3n) is 1.42. The van der Waals surface area contributed by atoms with Gasteiger partial charge in [0.05, 0.1) is 5.75 Å². The molecule has 2 heteroatoms. The first-order chi connectivity index (χ1) is 5.34. The Morgan fingerprint density at radius 1 is 1.45 bits per heavy atom. The number of carbonyl (C=O) groups excluding carboxylic acids is 1. The molecule has 1 saturated carbocycles. The van der Waals surface area contributed by atoms with Crippen molar-refractivity contribution in [3.8, 4) is 0 Å². The summed E-state index contributed by atoms with van der Waals surface area (Å²) in [6, 6.07) is 0. The van der Waals surface area contributed by atoms with E-state index in [2.05, 4.69) is 6.92 Å².